The lowest BCUT2D eigenvalue weighted by atomic mass is 10.0. The Morgan fingerprint density at radius 3 is 1.67 bits per heavy atom. The topological polar surface area (TPSA) is 144 Å². The molecule has 61 heavy (non-hydrogen) atoms. The van der Waals surface area contributed by atoms with Gasteiger partial charge in [0.15, 0.2) is 12.2 Å². The van der Waals surface area contributed by atoms with Gasteiger partial charge in [0.05, 0.1) is 12.9 Å². The number of rotatable bonds is 43. The lowest BCUT2D eigenvalue weighted by Gasteiger charge is -2.23. The first-order valence-electron chi connectivity index (χ1n) is 25.8. The number of esters is 2. The number of aliphatic hydroxyl groups is 1. The van der Waals surface area contributed by atoms with E-state index < -0.39 is 6.23 Å². The van der Waals surface area contributed by atoms with Gasteiger partial charge < -0.3 is 35.1 Å². The molecule has 0 aromatic carbocycles. The Bertz CT molecular complexity index is 1220. The number of carbonyl (C=O) groups is 2. The average molecular weight is 859 g/mol. The highest BCUT2D eigenvalue weighted by atomic mass is 16.5. The van der Waals surface area contributed by atoms with Gasteiger partial charge in [0.2, 0.25) is 0 Å². The number of aromatic nitrogens is 2. The van der Waals surface area contributed by atoms with Crippen LogP contribution in [0, 0.1) is 0 Å². The molecule has 0 radical (unpaired) electrons. The summed E-state index contributed by atoms with van der Waals surface area (Å²) in [6.45, 7) is 11.2. The molecule has 11 heteroatoms. The third-order valence-corrected chi connectivity index (χ3v) is 12.3. The van der Waals surface area contributed by atoms with E-state index >= 15 is 0 Å². The molecule has 2 heterocycles. The Hall–Kier alpha value is -2.66. The van der Waals surface area contributed by atoms with Gasteiger partial charge >= 0.3 is 11.9 Å². The van der Waals surface area contributed by atoms with Gasteiger partial charge in [-0.25, -0.2) is 9.98 Å². The van der Waals surface area contributed by atoms with Crippen molar-refractivity contribution in [2.24, 2.45) is 10.7 Å². The molecule has 2 rings (SSSR count). The number of imidazole rings is 1. The molecule has 0 aliphatic carbocycles. The third kappa shape index (κ3) is 28.6. The largest absolute Gasteiger partial charge is 0.466 e. The van der Waals surface area contributed by atoms with Crippen LogP contribution in [0.1, 0.15) is 251 Å². The Balaban J connectivity index is 1.69. The van der Waals surface area contributed by atoms with Gasteiger partial charge in [0.1, 0.15) is 17.6 Å². The number of unbranched alkanes of at least 4 members (excludes halogenated alkanes) is 24. The summed E-state index contributed by atoms with van der Waals surface area (Å²) in [5.41, 5.74) is 6.40. The zero-order valence-corrected chi connectivity index (χ0v) is 39.8. The van der Waals surface area contributed by atoms with Crippen molar-refractivity contribution in [1.29, 1.82) is 0 Å². The summed E-state index contributed by atoms with van der Waals surface area (Å²) in [6, 6.07) is 0. The van der Waals surface area contributed by atoms with Crippen molar-refractivity contribution >= 4 is 23.7 Å². The van der Waals surface area contributed by atoms with E-state index in [4.69, 9.17) is 15.2 Å². The van der Waals surface area contributed by atoms with Gasteiger partial charge in [0, 0.05) is 19.4 Å². The summed E-state index contributed by atoms with van der Waals surface area (Å²) in [7, 11) is 0. The third-order valence-electron chi connectivity index (χ3n) is 12.3. The van der Waals surface area contributed by atoms with E-state index in [-0.39, 0.29) is 24.0 Å². The summed E-state index contributed by atoms with van der Waals surface area (Å²) < 4.78 is 13.6. The first kappa shape index (κ1) is 54.5. The number of hydrogen-bond acceptors (Lipinski definition) is 10. The van der Waals surface area contributed by atoms with Crippen molar-refractivity contribution < 1.29 is 24.2 Å². The van der Waals surface area contributed by atoms with Crippen molar-refractivity contribution in [2.45, 2.75) is 258 Å². The molecule has 0 saturated carbocycles. The van der Waals surface area contributed by atoms with E-state index in [0.29, 0.717) is 25.1 Å². The van der Waals surface area contributed by atoms with Crippen molar-refractivity contribution in [3.05, 3.63) is 12.0 Å². The molecule has 0 spiro atoms. The lowest BCUT2D eigenvalue weighted by molar-refractivity contribution is -0.150. The molecule has 1 atom stereocenters. The molecule has 0 bridgehead atoms. The molecule has 11 nitrogen and oxygen atoms in total. The average Bonchev–Trinajstić information content (AvgIpc) is 3.65. The maximum absolute atomic E-state index is 12.9. The fourth-order valence-corrected chi connectivity index (χ4v) is 8.44. The molecule has 1 unspecified atom stereocenters. The quantitative estimate of drug-likeness (QED) is 0.0432. The second-order valence-corrected chi connectivity index (χ2v) is 18.0. The maximum atomic E-state index is 12.9. The molecule has 1 aliphatic heterocycles. The number of carbonyl (C=O) groups excluding carboxylic acids is 2. The number of fused-ring (bicyclic) bond motifs is 1. The predicted octanol–water partition coefficient (Wildman–Crippen LogP) is 12.7. The van der Waals surface area contributed by atoms with E-state index in [1.54, 1.807) is 6.33 Å². The minimum absolute atomic E-state index is 0.00529. The zero-order valence-electron chi connectivity index (χ0n) is 39.8. The summed E-state index contributed by atoms with van der Waals surface area (Å²) in [4.78, 5) is 36.0. The number of nitrogens with one attached hydrogen (secondary N) is 1. The van der Waals surface area contributed by atoms with E-state index in [1.807, 2.05) is 4.57 Å². The number of aliphatic imine (C=N–C) groups is 1. The van der Waals surface area contributed by atoms with Crippen molar-refractivity contribution in [3.8, 4) is 0 Å². The molecule has 0 fully saturated rings. The Morgan fingerprint density at radius 1 is 0.656 bits per heavy atom. The van der Waals surface area contributed by atoms with Crippen LogP contribution >= 0.6 is 0 Å². The summed E-state index contributed by atoms with van der Waals surface area (Å²) in [5.74, 6) is 0.896. The highest BCUT2D eigenvalue weighted by molar-refractivity contribution is 5.93. The van der Waals surface area contributed by atoms with Crippen LogP contribution in [-0.4, -0.2) is 69.8 Å². The van der Waals surface area contributed by atoms with Crippen LogP contribution in [0.25, 0.3) is 0 Å². The number of nitrogens with two attached hydrogens (primary N) is 1. The molecule has 4 N–H and O–H groups in total. The number of aliphatic hydroxyl groups excluding tert-OH is 1. The standard InChI is InChI=1S/C50H94N6O5/c1-4-7-10-13-16-25-32-42-60-45(57)36-28-21-17-23-30-38-55(40-33-41-56-43-52-47-48(56)53-50(51)54-49(47)59)39-31-24-18-22-29-37-46(58)61-44(34-26-19-14-11-8-5-2)35-27-20-15-12-9-6-3/h43-44,49,59H,4-42H2,1-3H3,(H3,51,53,54). The fraction of sp³-hybridized carbons (Fsp3) is 0.880. The number of nitrogens with zero attached hydrogens (tertiary/aromatic N) is 4. The molecule has 1 aromatic heterocycles. The molecule has 0 amide bonds. The van der Waals surface area contributed by atoms with Crippen LogP contribution in [0.4, 0.5) is 5.82 Å². The fourth-order valence-electron chi connectivity index (χ4n) is 8.44. The molecule has 1 aliphatic rings. The monoisotopic (exact) mass is 859 g/mol. The predicted molar refractivity (Wildman–Crippen MR) is 254 cm³/mol. The second-order valence-electron chi connectivity index (χ2n) is 18.0. The normalized spacial score (nSPS) is 13.7. The van der Waals surface area contributed by atoms with Crippen LogP contribution in [0.5, 0.6) is 0 Å². The van der Waals surface area contributed by atoms with Crippen LogP contribution < -0.4 is 11.1 Å². The van der Waals surface area contributed by atoms with Gasteiger partial charge in [0.25, 0.3) is 0 Å². The second kappa shape index (κ2) is 37.9. The van der Waals surface area contributed by atoms with E-state index in [0.717, 1.165) is 128 Å². The van der Waals surface area contributed by atoms with Crippen LogP contribution in [0.3, 0.4) is 0 Å². The van der Waals surface area contributed by atoms with Crippen molar-refractivity contribution in [3.63, 3.8) is 0 Å². The van der Waals surface area contributed by atoms with E-state index in [9.17, 15) is 14.7 Å². The molecular formula is C50H94N6O5. The zero-order chi connectivity index (χ0) is 44.0. The van der Waals surface area contributed by atoms with Gasteiger partial charge in [-0.1, -0.05) is 162 Å². The number of hydrogen-bond donors (Lipinski definition) is 3. The smallest absolute Gasteiger partial charge is 0.306 e. The van der Waals surface area contributed by atoms with Crippen molar-refractivity contribution in [2.75, 3.05) is 31.6 Å². The van der Waals surface area contributed by atoms with Gasteiger partial charge in [-0.3, -0.25) is 9.59 Å². The highest BCUT2D eigenvalue weighted by Crippen LogP contribution is 2.26. The Labute approximate surface area is 373 Å². The van der Waals surface area contributed by atoms with Gasteiger partial charge in [-0.2, -0.15) is 0 Å². The van der Waals surface area contributed by atoms with Gasteiger partial charge in [-0.15, -0.1) is 0 Å². The number of anilines is 1. The molecule has 0 saturated heterocycles. The minimum Gasteiger partial charge on any atom is -0.466 e. The molecular weight excluding hydrogens is 765 g/mol. The summed E-state index contributed by atoms with van der Waals surface area (Å²) in [5, 5.41) is 13.3. The molecule has 354 valence electrons. The highest BCUT2D eigenvalue weighted by Gasteiger charge is 2.23. The molecule has 1 aromatic rings. The Kier molecular flexibility index (Phi) is 33.8. The van der Waals surface area contributed by atoms with Crippen LogP contribution in [0.15, 0.2) is 11.3 Å². The number of ether oxygens (including phenoxy) is 2. The van der Waals surface area contributed by atoms with Crippen LogP contribution in [-0.2, 0) is 25.6 Å². The number of guanidine groups is 1. The minimum atomic E-state index is -1.03. The lowest BCUT2D eigenvalue weighted by Crippen LogP contribution is -2.30. The maximum Gasteiger partial charge on any atom is 0.306 e. The summed E-state index contributed by atoms with van der Waals surface area (Å²) in [6.07, 6.45) is 39.6. The first-order valence-corrected chi connectivity index (χ1v) is 25.8. The van der Waals surface area contributed by atoms with E-state index in [2.05, 4.69) is 41.0 Å². The summed E-state index contributed by atoms with van der Waals surface area (Å²) >= 11 is 0. The van der Waals surface area contributed by atoms with Crippen molar-refractivity contribution in [1.82, 2.24) is 14.5 Å². The first-order chi connectivity index (χ1) is 29.9. The number of aryl methyl sites for hydroxylation is 1. The van der Waals surface area contributed by atoms with E-state index in [1.165, 1.54) is 109 Å². The van der Waals surface area contributed by atoms with Gasteiger partial charge in [-0.05, 0) is 83.8 Å². The SMILES string of the molecule is CCCCCCCCCOC(=O)CCCCCCCN(CCCCCCCC(=O)OC(CCCCCCCC)CCCCCCCC)CCCn1cnc2c1NC(N)=NC2O. The van der Waals surface area contributed by atoms with Crippen LogP contribution in [0.2, 0.25) is 0 Å². The Morgan fingerprint density at radius 2 is 1.11 bits per heavy atom.